The average Bonchev–Trinajstić information content (AvgIpc) is 2.48. The Morgan fingerprint density at radius 3 is 2.57 bits per heavy atom. The fourth-order valence-corrected chi connectivity index (χ4v) is 2.17. The van der Waals surface area contributed by atoms with E-state index in [-0.39, 0.29) is 17.0 Å². The van der Waals surface area contributed by atoms with Gasteiger partial charge in [0.2, 0.25) is 5.88 Å². The van der Waals surface area contributed by atoms with Crippen LogP contribution in [0.25, 0.3) is 22.5 Å². The van der Waals surface area contributed by atoms with E-state index in [1.165, 1.54) is 0 Å². The van der Waals surface area contributed by atoms with Crippen LogP contribution < -0.4 is 5.56 Å². The summed E-state index contributed by atoms with van der Waals surface area (Å²) in [5.74, 6) is 0.0194. The molecule has 0 amide bonds. The van der Waals surface area contributed by atoms with E-state index in [1.807, 2.05) is 19.1 Å². The van der Waals surface area contributed by atoms with Crippen molar-refractivity contribution >= 4 is 0 Å². The standard InChI is InChI=1S/C16H13N3O2/c1-10-7-8-17-9-12(10)14-18-15(20)13(16(21)19-14)11-5-3-2-4-6-11/h2-9H,1H3,(H2,18,19,20,21). The lowest BCUT2D eigenvalue weighted by molar-refractivity contribution is 0.454. The number of pyridine rings is 1. The van der Waals surface area contributed by atoms with Gasteiger partial charge >= 0.3 is 0 Å². The van der Waals surface area contributed by atoms with Crippen molar-refractivity contribution < 1.29 is 5.11 Å². The summed E-state index contributed by atoms with van der Waals surface area (Å²) < 4.78 is 0. The third-order valence-corrected chi connectivity index (χ3v) is 3.26. The highest BCUT2D eigenvalue weighted by Gasteiger charge is 2.14. The molecule has 5 nitrogen and oxygen atoms in total. The van der Waals surface area contributed by atoms with E-state index < -0.39 is 0 Å². The predicted octanol–water partition coefficient (Wildman–Crippen LogP) is 2.51. The van der Waals surface area contributed by atoms with Gasteiger partial charge in [-0.15, -0.1) is 0 Å². The molecule has 2 N–H and O–H groups in total. The molecule has 2 heterocycles. The SMILES string of the molecule is Cc1ccncc1-c1nc(O)c(-c2ccccc2)c(=O)[nH]1. The molecule has 0 atom stereocenters. The maximum absolute atomic E-state index is 12.3. The minimum absolute atomic E-state index is 0.167. The summed E-state index contributed by atoms with van der Waals surface area (Å²) in [7, 11) is 0. The maximum Gasteiger partial charge on any atom is 0.262 e. The average molecular weight is 279 g/mol. The monoisotopic (exact) mass is 279 g/mol. The van der Waals surface area contributed by atoms with E-state index in [4.69, 9.17) is 0 Å². The number of aryl methyl sites for hydroxylation is 1. The fraction of sp³-hybridized carbons (Fsp3) is 0.0625. The molecule has 3 rings (SSSR count). The first-order chi connectivity index (χ1) is 10.2. The van der Waals surface area contributed by atoms with Crippen LogP contribution in [0.3, 0.4) is 0 Å². The van der Waals surface area contributed by atoms with Crippen LogP contribution in [-0.4, -0.2) is 20.1 Å². The summed E-state index contributed by atoms with van der Waals surface area (Å²) in [5, 5.41) is 10.1. The van der Waals surface area contributed by atoms with E-state index in [2.05, 4.69) is 15.0 Å². The van der Waals surface area contributed by atoms with Crippen LogP contribution in [0.2, 0.25) is 0 Å². The second-order valence-corrected chi connectivity index (χ2v) is 4.67. The molecule has 0 bridgehead atoms. The molecule has 1 aromatic carbocycles. The van der Waals surface area contributed by atoms with Crippen LogP contribution in [0.4, 0.5) is 0 Å². The number of benzene rings is 1. The van der Waals surface area contributed by atoms with Gasteiger partial charge in [-0.2, -0.15) is 4.98 Å². The zero-order chi connectivity index (χ0) is 14.8. The van der Waals surface area contributed by atoms with Gasteiger partial charge in [-0.25, -0.2) is 0 Å². The molecule has 21 heavy (non-hydrogen) atoms. The van der Waals surface area contributed by atoms with Crippen molar-refractivity contribution in [1.29, 1.82) is 0 Å². The third-order valence-electron chi connectivity index (χ3n) is 3.26. The summed E-state index contributed by atoms with van der Waals surface area (Å²) in [6.07, 6.45) is 3.27. The van der Waals surface area contributed by atoms with Gasteiger partial charge in [-0.05, 0) is 24.1 Å². The van der Waals surface area contributed by atoms with Crippen molar-refractivity contribution in [2.45, 2.75) is 6.92 Å². The summed E-state index contributed by atoms with van der Waals surface area (Å²) in [6.45, 7) is 1.89. The zero-order valence-corrected chi connectivity index (χ0v) is 11.4. The van der Waals surface area contributed by atoms with Crippen molar-refractivity contribution in [3.05, 3.63) is 64.7 Å². The van der Waals surface area contributed by atoms with Crippen LogP contribution in [0.15, 0.2) is 53.6 Å². The summed E-state index contributed by atoms with van der Waals surface area (Å²) in [4.78, 5) is 23.1. The number of aromatic hydroxyl groups is 1. The van der Waals surface area contributed by atoms with Gasteiger partial charge < -0.3 is 10.1 Å². The van der Waals surface area contributed by atoms with Crippen LogP contribution >= 0.6 is 0 Å². The Hall–Kier alpha value is -2.95. The van der Waals surface area contributed by atoms with Crippen LogP contribution in [0, 0.1) is 6.92 Å². The number of hydrogen-bond acceptors (Lipinski definition) is 4. The minimum atomic E-state index is -0.382. The first kappa shape index (κ1) is 13.1. The number of aromatic nitrogens is 3. The van der Waals surface area contributed by atoms with Crippen LogP contribution in [0.1, 0.15) is 5.56 Å². The fourth-order valence-electron chi connectivity index (χ4n) is 2.17. The van der Waals surface area contributed by atoms with Crippen LogP contribution in [-0.2, 0) is 0 Å². The molecule has 0 aliphatic rings. The first-order valence-corrected chi connectivity index (χ1v) is 6.46. The molecule has 0 fully saturated rings. The molecular formula is C16H13N3O2. The Kier molecular flexibility index (Phi) is 3.23. The normalized spacial score (nSPS) is 10.5. The number of aromatic amines is 1. The van der Waals surface area contributed by atoms with Crippen molar-refractivity contribution in [3.63, 3.8) is 0 Å². The van der Waals surface area contributed by atoms with Gasteiger partial charge in [0.05, 0.1) is 0 Å². The lowest BCUT2D eigenvalue weighted by Gasteiger charge is -2.07. The van der Waals surface area contributed by atoms with Gasteiger partial charge in [-0.1, -0.05) is 30.3 Å². The summed E-state index contributed by atoms with van der Waals surface area (Å²) >= 11 is 0. The predicted molar refractivity (Wildman–Crippen MR) is 79.9 cm³/mol. The highest BCUT2D eigenvalue weighted by molar-refractivity contribution is 5.69. The lowest BCUT2D eigenvalue weighted by atomic mass is 10.1. The molecule has 3 aromatic rings. The highest BCUT2D eigenvalue weighted by atomic mass is 16.3. The maximum atomic E-state index is 12.3. The Labute approximate surface area is 121 Å². The molecule has 0 aliphatic carbocycles. The number of H-pyrrole nitrogens is 1. The second kappa shape index (κ2) is 5.20. The third kappa shape index (κ3) is 2.41. The Morgan fingerprint density at radius 1 is 1.14 bits per heavy atom. The Balaban J connectivity index is 2.18. The number of nitrogens with zero attached hydrogens (tertiary/aromatic N) is 2. The van der Waals surface area contributed by atoms with Gasteiger partial charge in [0.15, 0.2) is 0 Å². The van der Waals surface area contributed by atoms with Crippen LogP contribution in [0.5, 0.6) is 5.88 Å². The number of hydrogen-bond donors (Lipinski definition) is 2. The quantitative estimate of drug-likeness (QED) is 0.755. The molecule has 0 unspecified atom stereocenters. The molecule has 0 saturated carbocycles. The molecule has 104 valence electrons. The lowest BCUT2D eigenvalue weighted by Crippen LogP contribution is -2.12. The van der Waals surface area contributed by atoms with E-state index in [0.29, 0.717) is 17.0 Å². The first-order valence-electron chi connectivity index (χ1n) is 6.46. The van der Waals surface area contributed by atoms with Gasteiger partial charge in [0.1, 0.15) is 11.4 Å². The Bertz CT molecular complexity index is 842. The largest absolute Gasteiger partial charge is 0.493 e. The number of rotatable bonds is 2. The molecule has 0 spiro atoms. The van der Waals surface area contributed by atoms with Crippen molar-refractivity contribution in [2.75, 3.05) is 0 Å². The second-order valence-electron chi connectivity index (χ2n) is 4.67. The molecule has 0 radical (unpaired) electrons. The summed E-state index contributed by atoms with van der Waals surface area (Å²) in [5.41, 5.74) is 2.01. The van der Waals surface area contributed by atoms with E-state index >= 15 is 0 Å². The van der Waals surface area contributed by atoms with Gasteiger partial charge in [0.25, 0.3) is 5.56 Å². The van der Waals surface area contributed by atoms with E-state index in [0.717, 1.165) is 5.56 Å². The summed E-state index contributed by atoms with van der Waals surface area (Å²) in [6, 6.07) is 10.8. The zero-order valence-electron chi connectivity index (χ0n) is 11.4. The van der Waals surface area contributed by atoms with E-state index in [9.17, 15) is 9.90 Å². The number of nitrogens with one attached hydrogen (secondary N) is 1. The Morgan fingerprint density at radius 2 is 1.90 bits per heavy atom. The molecule has 0 aliphatic heterocycles. The topological polar surface area (TPSA) is 78.9 Å². The smallest absolute Gasteiger partial charge is 0.262 e. The molecule has 5 heteroatoms. The van der Waals surface area contributed by atoms with Gasteiger partial charge in [0, 0.05) is 18.0 Å². The van der Waals surface area contributed by atoms with Crippen molar-refractivity contribution in [3.8, 4) is 28.4 Å². The molecule has 2 aromatic heterocycles. The van der Waals surface area contributed by atoms with E-state index in [1.54, 1.807) is 36.7 Å². The molecular weight excluding hydrogens is 266 g/mol. The highest BCUT2D eigenvalue weighted by Crippen LogP contribution is 2.26. The van der Waals surface area contributed by atoms with Crippen molar-refractivity contribution in [1.82, 2.24) is 15.0 Å². The minimum Gasteiger partial charge on any atom is -0.493 e. The van der Waals surface area contributed by atoms with Crippen molar-refractivity contribution in [2.24, 2.45) is 0 Å². The molecule has 0 saturated heterocycles. The van der Waals surface area contributed by atoms with Gasteiger partial charge in [-0.3, -0.25) is 9.78 Å².